The van der Waals surface area contributed by atoms with E-state index < -0.39 is 0 Å². The first kappa shape index (κ1) is 15.8. The molecule has 1 fully saturated rings. The van der Waals surface area contributed by atoms with Gasteiger partial charge >= 0.3 is 6.03 Å². The summed E-state index contributed by atoms with van der Waals surface area (Å²) in [5.74, 6) is 0. The SMILES string of the molecule is Cc1cccc(CCNC(=O)N2CCN(CCN)CC2)c1. The summed E-state index contributed by atoms with van der Waals surface area (Å²) in [6.45, 7) is 7.79. The molecule has 1 heterocycles. The number of rotatable bonds is 5. The third kappa shape index (κ3) is 5.02. The summed E-state index contributed by atoms with van der Waals surface area (Å²) < 4.78 is 0. The zero-order valence-electron chi connectivity index (χ0n) is 12.8. The maximum absolute atomic E-state index is 12.1. The van der Waals surface area contributed by atoms with Crippen molar-refractivity contribution in [2.45, 2.75) is 13.3 Å². The van der Waals surface area contributed by atoms with Gasteiger partial charge in [-0.15, -0.1) is 0 Å². The molecule has 2 rings (SSSR count). The van der Waals surface area contributed by atoms with Gasteiger partial charge in [0.1, 0.15) is 0 Å². The van der Waals surface area contributed by atoms with Gasteiger partial charge in [-0.1, -0.05) is 29.8 Å². The van der Waals surface area contributed by atoms with Crippen molar-refractivity contribution in [1.29, 1.82) is 0 Å². The Labute approximate surface area is 127 Å². The lowest BCUT2D eigenvalue weighted by Crippen LogP contribution is -2.52. The molecule has 5 nitrogen and oxygen atoms in total. The second-order valence-electron chi connectivity index (χ2n) is 5.59. The summed E-state index contributed by atoms with van der Waals surface area (Å²) >= 11 is 0. The van der Waals surface area contributed by atoms with E-state index in [1.807, 2.05) is 4.90 Å². The van der Waals surface area contributed by atoms with Crippen LogP contribution in [0, 0.1) is 6.92 Å². The quantitative estimate of drug-likeness (QED) is 0.844. The Morgan fingerprint density at radius 2 is 2.05 bits per heavy atom. The largest absolute Gasteiger partial charge is 0.338 e. The van der Waals surface area contributed by atoms with E-state index >= 15 is 0 Å². The van der Waals surface area contributed by atoms with E-state index in [9.17, 15) is 4.79 Å². The van der Waals surface area contributed by atoms with Gasteiger partial charge in [0.2, 0.25) is 0 Å². The van der Waals surface area contributed by atoms with E-state index in [1.165, 1.54) is 11.1 Å². The molecule has 0 aliphatic carbocycles. The molecule has 1 aromatic rings. The van der Waals surface area contributed by atoms with Crippen molar-refractivity contribution in [2.75, 3.05) is 45.8 Å². The monoisotopic (exact) mass is 290 g/mol. The number of piperazine rings is 1. The van der Waals surface area contributed by atoms with Crippen LogP contribution in [0.2, 0.25) is 0 Å². The van der Waals surface area contributed by atoms with E-state index in [-0.39, 0.29) is 6.03 Å². The van der Waals surface area contributed by atoms with Crippen LogP contribution in [0.3, 0.4) is 0 Å². The Bertz CT molecular complexity index is 455. The molecular formula is C16H26N4O. The van der Waals surface area contributed by atoms with Crippen molar-refractivity contribution < 1.29 is 4.79 Å². The molecule has 1 aromatic carbocycles. The van der Waals surface area contributed by atoms with Crippen molar-refractivity contribution in [3.8, 4) is 0 Å². The van der Waals surface area contributed by atoms with Gasteiger partial charge in [0.25, 0.3) is 0 Å². The lowest BCUT2D eigenvalue weighted by atomic mass is 10.1. The lowest BCUT2D eigenvalue weighted by Gasteiger charge is -2.34. The summed E-state index contributed by atoms with van der Waals surface area (Å²) in [5.41, 5.74) is 8.08. The first-order valence-corrected chi connectivity index (χ1v) is 7.70. The van der Waals surface area contributed by atoms with Gasteiger partial charge in [0, 0.05) is 45.8 Å². The zero-order valence-corrected chi connectivity index (χ0v) is 12.8. The van der Waals surface area contributed by atoms with Crippen LogP contribution in [-0.4, -0.2) is 61.6 Å². The number of carbonyl (C=O) groups excluding carboxylic acids is 1. The Balaban J connectivity index is 1.68. The van der Waals surface area contributed by atoms with Gasteiger partial charge in [-0.05, 0) is 18.9 Å². The molecule has 0 spiro atoms. The van der Waals surface area contributed by atoms with Crippen LogP contribution < -0.4 is 11.1 Å². The summed E-state index contributed by atoms with van der Waals surface area (Å²) in [5, 5.41) is 3.01. The Kier molecular flexibility index (Phi) is 6.02. The summed E-state index contributed by atoms with van der Waals surface area (Å²) in [6.07, 6.45) is 0.876. The maximum Gasteiger partial charge on any atom is 0.317 e. The molecule has 21 heavy (non-hydrogen) atoms. The molecule has 0 bridgehead atoms. The highest BCUT2D eigenvalue weighted by molar-refractivity contribution is 5.74. The number of benzene rings is 1. The second kappa shape index (κ2) is 8.00. The van der Waals surface area contributed by atoms with Crippen molar-refractivity contribution in [3.05, 3.63) is 35.4 Å². The highest BCUT2D eigenvalue weighted by Gasteiger charge is 2.19. The standard InChI is InChI=1S/C16H26N4O/c1-14-3-2-4-15(13-14)5-7-18-16(21)20-11-9-19(8-6-17)10-12-20/h2-4,13H,5-12,17H2,1H3,(H,18,21). The van der Waals surface area contributed by atoms with Gasteiger partial charge in [0.15, 0.2) is 0 Å². The number of hydrogen-bond acceptors (Lipinski definition) is 3. The average Bonchev–Trinajstić information content (AvgIpc) is 2.48. The molecule has 0 radical (unpaired) electrons. The van der Waals surface area contributed by atoms with Gasteiger partial charge in [-0.3, -0.25) is 4.90 Å². The van der Waals surface area contributed by atoms with E-state index in [0.29, 0.717) is 13.1 Å². The molecule has 3 N–H and O–H groups in total. The summed E-state index contributed by atoms with van der Waals surface area (Å²) in [4.78, 5) is 16.3. The predicted octanol–water partition coefficient (Wildman–Crippen LogP) is 0.823. The van der Waals surface area contributed by atoms with E-state index in [1.54, 1.807) is 0 Å². The number of amides is 2. The Hall–Kier alpha value is -1.59. The number of hydrogen-bond donors (Lipinski definition) is 2. The van der Waals surface area contributed by atoms with Crippen LogP contribution in [0.15, 0.2) is 24.3 Å². The predicted molar refractivity (Wildman–Crippen MR) is 85.3 cm³/mol. The highest BCUT2D eigenvalue weighted by Crippen LogP contribution is 2.05. The van der Waals surface area contributed by atoms with Gasteiger partial charge in [-0.25, -0.2) is 4.79 Å². The molecule has 2 amide bonds. The molecule has 1 aliphatic heterocycles. The second-order valence-corrected chi connectivity index (χ2v) is 5.59. The van der Waals surface area contributed by atoms with Crippen molar-refractivity contribution in [1.82, 2.24) is 15.1 Å². The fourth-order valence-electron chi connectivity index (χ4n) is 2.65. The van der Waals surface area contributed by atoms with E-state index in [4.69, 9.17) is 5.73 Å². The van der Waals surface area contributed by atoms with Gasteiger partial charge < -0.3 is 16.0 Å². The third-order valence-corrected chi connectivity index (χ3v) is 3.88. The molecule has 0 aromatic heterocycles. The minimum Gasteiger partial charge on any atom is -0.338 e. The fraction of sp³-hybridized carbons (Fsp3) is 0.562. The van der Waals surface area contributed by atoms with Gasteiger partial charge in [0.05, 0.1) is 0 Å². The molecule has 0 unspecified atom stereocenters. The minimum atomic E-state index is 0.0510. The van der Waals surface area contributed by atoms with E-state index in [2.05, 4.69) is 41.4 Å². The molecule has 0 atom stereocenters. The minimum absolute atomic E-state index is 0.0510. The molecule has 5 heteroatoms. The van der Waals surface area contributed by atoms with Crippen molar-refractivity contribution in [3.63, 3.8) is 0 Å². The van der Waals surface area contributed by atoms with Crippen LogP contribution in [0.5, 0.6) is 0 Å². The number of urea groups is 1. The molecular weight excluding hydrogens is 264 g/mol. The number of nitrogens with two attached hydrogens (primary N) is 1. The smallest absolute Gasteiger partial charge is 0.317 e. The summed E-state index contributed by atoms with van der Waals surface area (Å²) in [6, 6.07) is 8.46. The molecule has 0 saturated carbocycles. The van der Waals surface area contributed by atoms with Crippen molar-refractivity contribution >= 4 is 6.03 Å². The fourth-order valence-corrected chi connectivity index (χ4v) is 2.65. The Morgan fingerprint density at radius 1 is 1.29 bits per heavy atom. The summed E-state index contributed by atoms with van der Waals surface area (Å²) in [7, 11) is 0. The third-order valence-electron chi connectivity index (χ3n) is 3.88. The van der Waals surface area contributed by atoms with Crippen LogP contribution in [0.1, 0.15) is 11.1 Å². The highest BCUT2D eigenvalue weighted by atomic mass is 16.2. The number of aryl methyl sites for hydroxylation is 1. The van der Waals surface area contributed by atoms with Crippen LogP contribution in [-0.2, 0) is 6.42 Å². The first-order chi connectivity index (χ1) is 10.2. The van der Waals surface area contributed by atoms with Crippen LogP contribution in [0.25, 0.3) is 0 Å². The average molecular weight is 290 g/mol. The molecule has 1 saturated heterocycles. The van der Waals surface area contributed by atoms with Crippen LogP contribution >= 0.6 is 0 Å². The molecule has 116 valence electrons. The Morgan fingerprint density at radius 3 is 2.71 bits per heavy atom. The van der Waals surface area contributed by atoms with Crippen molar-refractivity contribution in [2.24, 2.45) is 5.73 Å². The van der Waals surface area contributed by atoms with E-state index in [0.717, 1.165) is 39.1 Å². The lowest BCUT2D eigenvalue weighted by molar-refractivity contribution is 0.141. The maximum atomic E-state index is 12.1. The number of nitrogens with one attached hydrogen (secondary N) is 1. The normalized spacial score (nSPS) is 16.0. The topological polar surface area (TPSA) is 61.6 Å². The first-order valence-electron chi connectivity index (χ1n) is 7.70. The number of carbonyl (C=O) groups is 1. The zero-order chi connectivity index (χ0) is 15.1. The number of nitrogens with zero attached hydrogens (tertiary/aromatic N) is 2. The van der Waals surface area contributed by atoms with Gasteiger partial charge in [-0.2, -0.15) is 0 Å². The molecule has 1 aliphatic rings. The van der Waals surface area contributed by atoms with Crippen LogP contribution in [0.4, 0.5) is 4.79 Å².